The third kappa shape index (κ3) is 6.24. The lowest BCUT2D eigenvalue weighted by molar-refractivity contribution is -0.144. The average molecular weight is 440 g/mol. The van der Waals surface area contributed by atoms with Gasteiger partial charge in [-0.25, -0.2) is 13.8 Å². The lowest BCUT2D eigenvalue weighted by atomic mass is 10.2. The van der Waals surface area contributed by atoms with Gasteiger partial charge in [0.25, 0.3) is 5.91 Å². The van der Waals surface area contributed by atoms with Crippen molar-refractivity contribution in [1.82, 2.24) is 20.6 Å². The number of carbonyl (C=O) groups is 2. The summed E-state index contributed by atoms with van der Waals surface area (Å²) in [5, 5.41) is 4.85. The summed E-state index contributed by atoms with van der Waals surface area (Å²) in [6, 6.07) is 7.50. The van der Waals surface area contributed by atoms with Gasteiger partial charge in [-0.2, -0.15) is 13.2 Å². The number of hydrogen-bond donors (Lipinski definition) is 3. The molecule has 1 heterocycles. The van der Waals surface area contributed by atoms with E-state index >= 15 is 0 Å². The highest BCUT2D eigenvalue weighted by Crippen LogP contribution is 2.21. The summed E-state index contributed by atoms with van der Waals surface area (Å²) in [6.07, 6.45) is -6.23. The van der Waals surface area contributed by atoms with E-state index in [0.29, 0.717) is 22.4 Å². The number of H-pyrrole nitrogens is 1. The van der Waals surface area contributed by atoms with E-state index in [1.807, 2.05) is 0 Å². The number of aromatic amines is 1. The van der Waals surface area contributed by atoms with E-state index in [1.54, 1.807) is 18.2 Å². The van der Waals surface area contributed by atoms with Gasteiger partial charge in [-0.05, 0) is 35.9 Å². The van der Waals surface area contributed by atoms with Crippen LogP contribution in [0.1, 0.15) is 34.6 Å². The molecule has 6 nitrogen and oxygen atoms in total. The Labute approximate surface area is 172 Å². The number of benzene rings is 2. The molecule has 1 aromatic heterocycles. The molecule has 3 aromatic rings. The van der Waals surface area contributed by atoms with Crippen molar-refractivity contribution in [3.63, 3.8) is 0 Å². The van der Waals surface area contributed by atoms with Crippen molar-refractivity contribution in [2.24, 2.45) is 0 Å². The zero-order chi connectivity index (χ0) is 22.6. The van der Waals surface area contributed by atoms with Crippen LogP contribution < -0.4 is 10.6 Å². The maximum atomic E-state index is 13.7. The smallest absolute Gasteiger partial charge is 0.352 e. The molecule has 0 spiro atoms. The van der Waals surface area contributed by atoms with Crippen LogP contribution in [0.25, 0.3) is 11.0 Å². The quantitative estimate of drug-likeness (QED) is 0.490. The van der Waals surface area contributed by atoms with Crippen LogP contribution in [0, 0.1) is 11.6 Å². The summed E-state index contributed by atoms with van der Waals surface area (Å²) >= 11 is 0. The van der Waals surface area contributed by atoms with Gasteiger partial charge in [0.1, 0.15) is 17.5 Å². The molecule has 2 amide bonds. The lowest BCUT2D eigenvalue weighted by Gasteiger charge is -2.07. The summed E-state index contributed by atoms with van der Waals surface area (Å²) in [4.78, 5) is 30.8. The number of halogens is 5. The number of aromatic nitrogens is 2. The van der Waals surface area contributed by atoms with Crippen LogP contribution in [-0.2, 0) is 17.9 Å². The van der Waals surface area contributed by atoms with E-state index in [2.05, 4.69) is 20.6 Å². The standard InChI is InChI=1S/C20H17F5N4O2/c21-12-2-3-14(22)13(8-12)19(31)27-10-17-28-15-4-1-11(7-16(15)29-17)9-26-18(30)5-6-20(23,24)25/h1-4,7-8H,5-6,9-10H2,(H,26,30)(H,27,31)(H,28,29). The number of rotatable bonds is 7. The minimum atomic E-state index is -4.39. The Hall–Kier alpha value is -3.50. The predicted octanol–water partition coefficient (Wildman–Crippen LogP) is 3.73. The molecule has 0 unspecified atom stereocenters. The SMILES string of the molecule is O=C(CCC(F)(F)F)NCc1ccc2nc(CNC(=O)c3cc(F)ccc3F)[nH]c2c1. The van der Waals surface area contributed by atoms with E-state index < -0.39 is 48.0 Å². The van der Waals surface area contributed by atoms with Crippen molar-refractivity contribution >= 4 is 22.8 Å². The molecule has 0 fully saturated rings. The van der Waals surface area contributed by atoms with Crippen molar-refractivity contribution in [2.75, 3.05) is 0 Å². The normalized spacial score (nSPS) is 11.5. The summed E-state index contributed by atoms with van der Waals surface area (Å²) in [5.74, 6) is -2.76. The van der Waals surface area contributed by atoms with Crippen LogP contribution in [0.4, 0.5) is 22.0 Å². The van der Waals surface area contributed by atoms with Gasteiger partial charge in [-0.15, -0.1) is 0 Å². The van der Waals surface area contributed by atoms with Crippen LogP contribution in [0.3, 0.4) is 0 Å². The molecule has 0 saturated carbocycles. The van der Waals surface area contributed by atoms with Crippen LogP contribution in [0.2, 0.25) is 0 Å². The Morgan fingerprint density at radius 3 is 2.52 bits per heavy atom. The lowest BCUT2D eigenvalue weighted by Crippen LogP contribution is -2.24. The molecule has 0 aliphatic heterocycles. The third-order valence-corrected chi connectivity index (χ3v) is 4.31. The zero-order valence-electron chi connectivity index (χ0n) is 15.9. The fraction of sp³-hybridized carbons (Fsp3) is 0.250. The average Bonchev–Trinajstić information content (AvgIpc) is 3.12. The summed E-state index contributed by atoms with van der Waals surface area (Å²) in [6.45, 7) is -0.0381. The van der Waals surface area contributed by atoms with Gasteiger partial charge >= 0.3 is 6.18 Å². The number of imidazole rings is 1. The first kappa shape index (κ1) is 22.2. The molecule has 2 aromatic carbocycles. The topological polar surface area (TPSA) is 86.9 Å². The van der Waals surface area contributed by atoms with Gasteiger partial charge in [0.2, 0.25) is 5.91 Å². The number of nitrogens with one attached hydrogen (secondary N) is 3. The van der Waals surface area contributed by atoms with Crippen molar-refractivity contribution < 1.29 is 31.5 Å². The highest BCUT2D eigenvalue weighted by molar-refractivity contribution is 5.94. The van der Waals surface area contributed by atoms with Crippen LogP contribution in [-0.4, -0.2) is 28.0 Å². The second kappa shape index (κ2) is 9.11. The van der Waals surface area contributed by atoms with Gasteiger partial charge in [-0.3, -0.25) is 9.59 Å². The second-order valence-corrected chi connectivity index (χ2v) is 6.73. The van der Waals surface area contributed by atoms with Crippen molar-refractivity contribution in [1.29, 1.82) is 0 Å². The maximum Gasteiger partial charge on any atom is 0.389 e. The van der Waals surface area contributed by atoms with Crippen molar-refractivity contribution in [3.8, 4) is 0 Å². The van der Waals surface area contributed by atoms with E-state index in [0.717, 1.165) is 18.2 Å². The summed E-state index contributed by atoms with van der Waals surface area (Å²) in [5.41, 5.74) is 1.32. The number of nitrogens with zero attached hydrogens (tertiary/aromatic N) is 1. The van der Waals surface area contributed by atoms with E-state index in [-0.39, 0.29) is 13.1 Å². The van der Waals surface area contributed by atoms with Crippen molar-refractivity contribution in [3.05, 3.63) is 65.0 Å². The number of carbonyl (C=O) groups excluding carboxylic acids is 2. The first-order valence-electron chi connectivity index (χ1n) is 9.15. The van der Waals surface area contributed by atoms with Crippen LogP contribution in [0.15, 0.2) is 36.4 Å². The number of hydrogen-bond acceptors (Lipinski definition) is 3. The molecule has 3 rings (SSSR count). The molecular formula is C20H17F5N4O2. The largest absolute Gasteiger partial charge is 0.389 e. The number of alkyl halides is 3. The Bertz CT molecular complexity index is 1110. The molecule has 0 saturated heterocycles. The summed E-state index contributed by atoms with van der Waals surface area (Å²) < 4.78 is 63.3. The molecule has 3 N–H and O–H groups in total. The zero-order valence-corrected chi connectivity index (χ0v) is 15.9. The predicted molar refractivity (Wildman–Crippen MR) is 101 cm³/mol. The molecule has 0 bridgehead atoms. The fourth-order valence-corrected chi connectivity index (χ4v) is 2.78. The molecular weight excluding hydrogens is 423 g/mol. The number of amides is 2. The molecule has 164 valence electrons. The molecule has 0 aliphatic rings. The third-order valence-electron chi connectivity index (χ3n) is 4.31. The van der Waals surface area contributed by atoms with Crippen LogP contribution >= 0.6 is 0 Å². The Morgan fingerprint density at radius 2 is 1.77 bits per heavy atom. The van der Waals surface area contributed by atoms with Crippen molar-refractivity contribution in [2.45, 2.75) is 32.1 Å². The minimum absolute atomic E-state index is 0.0383. The first-order chi connectivity index (χ1) is 14.6. The minimum Gasteiger partial charge on any atom is -0.352 e. The first-order valence-corrected chi connectivity index (χ1v) is 9.15. The molecule has 11 heteroatoms. The highest BCUT2D eigenvalue weighted by Gasteiger charge is 2.27. The number of fused-ring (bicyclic) bond motifs is 1. The van der Waals surface area contributed by atoms with Gasteiger partial charge in [0, 0.05) is 13.0 Å². The second-order valence-electron chi connectivity index (χ2n) is 6.73. The van der Waals surface area contributed by atoms with E-state index in [4.69, 9.17) is 0 Å². The Balaban J connectivity index is 1.58. The summed E-state index contributed by atoms with van der Waals surface area (Å²) in [7, 11) is 0. The molecule has 0 atom stereocenters. The maximum absolute atomic E-state index is 13.7. The van der Waals surface area contributed by atoms with E-state index in [9.17, 15) is 31.5 Å². The molecule has 31 heavy (non-hydrogen) atoms. The van der Waals surface area contributed by atoms with E-state index in [1.165, 1.54) is 0 Å². The Morgan fingerprint density at radius 1 is 1.00 bits per heavy atom. The highest BCUT2D eigenvalue weighted by atomic mass is 19.4. The van der Waals surface area contributed by atoms with Gasteiger partial charge in [0.15, 0.2) is 0 Å². The fourth-order valence-electron chi connectivity index (χ4n) is 2.78. The molecule has 0 radical (unpaired) electrons. The molecule has 0 aliphatic carbocycles. The monoisotopic (exact) mass is 440 g/mol. The Kier molecular flexibility index (Phi) is 6.52. The van der Waals surface area contributed by atoms with Gasteiger partial charge in [0.05, 0.1) is 29.6 Å². The van der Waals surface area contributed by atoms with Gasteiger partial charge < -0.3 is 15.6 Å². The van der Waals surface area contributed by atoms with Crippen LogP contribution in [0.5, 0.6) is 0 Å². The van der Waals surface area contributed by atoms with Gasteiger partial charge in [-0.1, -0.05) is 6.07 Å².